The molecule has 0 radical (unpaired) electrons. The molecule has 2 heterocycles. The number of piperidine rings is 1. The fraction of sp³-hybridized carbons (Fsp3) is 0.400. The average Bonchev–Trinajstić information content (AvgIpc) is 2.93. The fourth-order valence-corrected chi connectivity index (χ4v) is 4.77. The highest BCUT2D eigenvalue weighted by atomic mass is 35.5. The lowest BCUT2D eigenvalue weighted by Crippen LogP contribution is -2.39. The van der Waals surface area contributed by atoms with Gasteiger partial charge in [-0.3, -0.25) is 5.10 Å². The summed E-state index contributed by atoms with van der Waals surface area (Å²) >= 11 is 5.92. The maximum atomic E-state index is 12.8. The number of aromatic amines is 1. The van der Waals surface area contributed by atoms with Gasteiger partial charge in [0, 0.05) is 29.7 Å². The standard InChI is InChI=1S/C15H18ClN3O2S/c1-11-9-17-18-15(11)12-4-3-7-19(10-12)22(20,21)14-6-2-5-13(16)8-14/h2,5-6,8-9,12H,3-4,7,10H2,1H3,(H,17,18)/t12-/m1/s1. The maximum Gasteiger partial charge on any atom is 0.243 e. The van der Waals surface area contributed by atoms with Crippen molar-refractivity contribution in [2.75, 3.05) is 13.1 Å². The molecule has 3 rings (SSSR count). The Bertz CT molecular complexity index is 773. The molecule has 5 nitrogen and oxygen atoms in total. The van der Waals surface area contributed by atoms with Gasteiger partial charge in [-0.25, -0.2) is 8.42 Å². The molecule has 22 heavy (non-hydrogen) atoms. The molecular formula is C15H18ClN3O2S. The SMILES string of the molecule is Cc1cn[nH]c1[C@@H]1CCCN(S(=O)(=O)c2cccc(Cl)c2)C1. The number of rotatable bonds is 3. The van der Waals surface area contributed by atoms with Crippen molar-refractivity contribution in [3.8, 4) is 0 Å². The Morgan fingerprint density at radius 2 is 2.23 bits per heavy atom. The number of sulfonamides is 1. The first-order valence-electron chi connectivity index (χ1n) is 7.24. The topological polar surface area (TPSA) is 66.1 Å². The van der Waals surface area contributed by atoms with Crippen molar-refractivity contribution in [1.82, 2.24) is 14.5 Å². The van der Waals surface area contributed by atoms with Gasteiger partial charge >= 0.3 is 0 Å². The molecule has 0 bridgehead atoms. The van der Waals surface area contributed by atoms with E-state index in [1.807, 2.05) is 6.92 Å². The normalized spacial score (nSPS) is 20.2. The van der Waals surface area contributed by atoms with Crippen LogP contribution in [0.3, 0.4) is 0 Å². The first-order chi connectivity index (χ1) is 10.5. The molecule has 0 saturated carbocycles. The molecule has 1 aromatic heterocycles. The summed E-state index contributed by atoms with van der Waals surface area (Å²) in [6.07, 6.45) is 3.58. The Morgan fingerprint density at radius 1 is 1.41 bits per heavy atom. The molecule has 1 N–H and O–H groups in total. The van der Waals surface area contributed by atoms with E-state index in [0.29, 0.717) is 18.1 Å². The number of hydrogen-bond donors (Lipinski definition) is 1. The predicted octanol–water partition coefficient (Wildman–Crippen LogP) is 2.94. The first-order valence-corrected chi connectivity index (χ1v) is 9.06. The van der Waals surface area contributed by atoms with Gasteiger partial charge in [-0.2, -0.15) is 9.40 Å². The number of benzene rings is 1. The number of hydrogen-bond acceptors (Lipinski definition) is 3. The van der Waals surface area contributed by atoms with Crippen LogP contribution in [0.15, 0.2) is 35.4 Å². The fourth-order valence-electron chi connectivity index (χ4n) is 2.94. The Labute approximate surface area is 135 Å². The van der Waals surface area contributed by atoms with Gasteiger partial charge in [-0.1, -0.05) is 17.7 Å². The Balaban J connectivity index is 1.87. The van der Waals surface area contributed by atoms with Gasteiger partial charge in [0.1, 0.15) is 0 Å². The van der Waals surface area contributed by atoms with Crippen LogP contribution in [0.25, 0.3) is 0 Å². The van der Waals surface area contributed by atoms with Crippen LogP contribution in [0.4, 0.5) is 0 Å². The summed E-state index contributed by atoms with van der Waals surface area (Å²) < 4.78 is 27.1. The van der Waals surface area contributed by atoms with Crippen LogP contribution in [-0.2, 0) is 10.0 Å². The van der Waals surface area contributed by atoms with Crippen molar-refractivity contribution < 1.29 is 8.42 Å². The lowest BCUT2D eigenvalue weighted by atomic mass is 9.94. The Hall–Kier alpha value is -1.37. The number of halogens is 1. The molecule has 1 aromatic carbocycles. The van der Waals surface area contributed by atoms with Crippen LogP contribution >= 0.6 is 11.6 Å². The molecule has 0 unspecified atom stereocenters. The lowest BCUT2D eigenvalue weighted by molar-refractivity contribution is 0.312. The molecule has 7 heteroatoms. The number of aryl methyl sites for hydroxylation is 1. The number of nitrogens with one attached hydrogen (secondary N) is 1. The third kappa shape index (κ3) is 2.91. The summed E-state index contributed by atoms with van der Waals surface area (Å²) in [5.41, 5.74) is 2.11. The molecule has 1 atom stereocenters. The second-order valence-electron chi connectivity index (χ2n) is 5.63. The van der Waals surface area contributed by atoms with E-state index in [-0.39, 0.29) is 10.8 Å². The third-order valence-electron chi connectivity index (χ3n) is 4.09. The summed E-state index contributed by atoms with van der Waals surface area (Å²) in [6, 6.07) is 6.43. The van der Waals surface area contributed by atoms with Crippen LogP contribution in [0.1, 0.15) is 30.0 Å². The van der Waals surface area contributed by atoms with Crippen LogP contribution in [0.5, 0.6) is 0 Å². The Morgan fingerprint density at radius 3 is 2.91 bits per heavy atom. The van der Waals surface area contributed by atoms with Gasteiger partial charge < -0.3 is 0 Å². The number of nitrogens with zero attached hydrogens (tertiary/aromatic N) is 2. The van der Waals surface area contributed by atoms with Crippen molar-refractivity contribution >= 4 is 21.6 Å². The van der Waals surface area contributed by atoms with Gasteiger partial charge in [0.2, 0.25) is 10.0 Å². The highest BCUT2D eigenvalue weighted by Crippen LogP contribution is 2.31. The van der Waals surface area contributed by atoms with E-state index in [4.69, 9.17) is 11.6 Å². The highest BCUT2D eigenvalue weighted by Gasteiger charge is 2.32. The molecule has 2 aromatic rings. The molecule has 118 valence electrons. The minimum Gasteiger partial charge on any atom is -0.282 e. The van der Waals surface area contributed by atoms with Crippen molar-refractivity contribution in [2.24, 2.45) is 0 Å². The quantitative estimate of drug-likeness (QED) is 0.935. The van der Waals surface area contributed by atoms with E-state index in [1.54, 1.807) is 28.7 Å². The van der Waals surface area contributed by atoms with E-state index in [9.17, 15) is 8.42 Å². The van der Waals surface area contributed by atoms with Gasteiger partial charge in [0.05, 0.1) is 11.1 Å². The highest BCUT2D eigenvalue weighted by molar-refractivity contribution is 7.89. The molecule has 0 spiro atoms. The zero-order valence-electron chi connectivity index (χ0n) is 12.3. The molecular weight excluding hydrogens is 322 g/mol. The largest absolute Gasteiger partial charge is 0.282 e. The van der Waals surface area contributed by atoms with E-state index in [1.165, 1.54) is 6.07 Å². The predicted molar refractivity (Wildman–Crippen MR) is 85.5 cm³/mol. The smallest absolute Gasteiger partial charge is 0.243 e. The zero-order chi connectivity index (χ0) is 15.7. The van der Waals surface area contributed by atoms with E-state index >= 15 is 0 Å². The average molecular weight is 340 g/mol. The maximum absolute atomic E-state index is 12.8. The lowest BCUT2D eigenvalue weighted by Gasteiger charge is -2.31. The first kappa shape index (κ1) is 15.5. The van der Waals surface area contributed by atoms with E-state index < -0.39 is 10.0 Å². The van der Waals surface area contributed by atoms with Crippen molar-refractivity contribution in [3.05, 3.63) is 46.7 Å². The van der Waals surface area contributed by atoms with Gasteiger partial charge in [0.15, 0.2) is 0 Å². The number of aromatic nitrogens is 2. The molecule has 1 aliphatic rings. The van der Waals surface area contributed by atoms with Crippen LogP contribution in [0, 0.1) is 6.92 Å². The summed E-state index contributed by atoms with van der Waals surface area (Å²) in [7, 11) is -3.51. The molecule has 1 aliphatic heterocycles. The zero-order valence-corrected chi connectivity index (χ0v) is 13.9. The van der Waals surface area contributed by atoms with E-state index in [0.717, 1.165) is 24.1 Å². The van der Waals surface area contributed by atoms with Crippen molar-refractivity contribution in [2.45, 2.75) is 30.6 Å². The van der Waals surface area contributed by atoms with Crippen molar-refractivity contribution in [3.63, 3.8) is 0 Å². The van der Waals surface area contributed by atoms with Gasteiger partial charge in [-0.05, 0) is 43.5 Å². The van der Waals surface area contributed by atoms with Gasteiger partial charge in [0.25, 0.3) is 0 Å². The van der Waals surface area contributed by atoms with Gasteiger partial charge in [-0.15, -0.1) is 0 Å². The molecule has 0 amide bonds. The second-order valence-corrected chi connectivity index (χ2v) is 8.00. The summed E-state index contributed by atoms with van der Waals surface area (Å²) in [5.74, 6) is 0.158. The van der Waals surface area contributed by atoms with Crippen LogP contribution in [-0.4, -0.2) is 36.0 Å². The second kappa shape index (κ2) is 6.02. The Kier molecular flexibility index (Phi) is 4.25. The third-order valence-corrected chi connectivity index (χ3v) is 6.19. The molecule has 0 aliphatic carbocycles. The summed E-state index contributed by atoms with van der Waals surface area (Å²) in [4.78, 5) is 0.252. The summed E-state index contributed by atoms with van der Waals surface area (Å²) in [6.45, 7) is 3.00. The summed E-state index contributed by atoms with van der Waals surface area (Å²) in [5, 5.41) is 7.48. The van der Waals surface area contributed by atoms with E-state index in [2.05, 4.69) is 10.2 Å². The minimum absolute atomic E-state index is 0.158. The van der Waals surface area contributed by atoms with Crippen molar-refractivity contribution in [1.29, 1.82) is 0 Å². The minimum atomic E-state index is -3.51. The van der Waals surface area contributed by atoms with Crippen LogP contribution < -0.4 is 0 Å². The molecule has 1 fully saturated rings. The van der Waals surface area contributed by atoms with Crippen LogP contribution in [0.2, 0.25) is 5.02 Å². The monoisotopic (exact) mass is 339 g/mol. The molecule has 1 saturated heterocycles. The number of H-pyrrole nitrogens is 1.